The lowest BCUT2D eigenvalue weighted by Gasteiger charge is -2.05. The van der Waals surface area contributed by atoms with Crippen LogP contribution in [0.4, 0.5) is 5.13 Å². The molecule has 4 nitrogen and oxygen atoms in total. The Bertz CT molecular complexity index is 1360. The largest absolute Gasteiger partial charge is 0.256 e. The third-order valence-corrected chi connectivity index (χ3v) is 7.48. The molecule has 3 aromatic carbocycles. The first-order chi connectivity index (χ1) is 15.9. The first-order valence-corrected chi connectivity index (χ1v) is 13.3. The third kappa shape index (κ3) is 5.90. The summed E-state index contributed by atoms with van der Waals surface area (Å²) in [4.78, 5) is 5.68. The van der Waals surface area contributed by atoms with Gasteiger partial charge >= 0.3 is 0 Å². The number of nitrogens with one attached hydrogen (secondary N) is 1. The van der Waals surface area contributed by atoms with Crippen molar-refractivity contribution >= 4 is 44.2 Å². The quantitative estimate of drug-likeness (QED) is 0.276. The molecule has 0 unspecified atom stereocenters. The van der Waals surface area contributed by atoms with Crippen LogP contribution in [0.5, 0.6) is 0 Å². The van der Waals surface area contributed by atoms with Crippen LogP contribution < -0.4 is 4.72 Å². The van der Waals surface area contributed by atoms with Gasteiger partial charge in [0.1, 0.15) is 0 Å². The Kier molecular flexibility index (Phi) is 7.28. The lowest BCUT2D eigenvalue weighted by Crippen LogP contribution is -2.08. The van der Waals surface area contributed by atoms with Crippen molar-refractivity contribution in [2.24, 2.45) is 0 Å². The minimum Gasteiger partial charge on any atom is -0.255 e. The molecule has 1 heterocycles. The topological polar surface area (TPSA) is 59.1 Å². The summed E-state index contributed by atoms with van der Waals surface area (Å²) in [5.41, 5.74) is 4.68. The molecule has 4 rings (SSSR count). The van der Waals surface area contributed by atoms with Gasteiger partial charge in [0.25, 0.3) is 10.0 Å². The Balaban J connectivity index is 1.58. The summed E-state index contributed by atoms with van der Waals surface area (Å²) in [6.07, 6.45) is 3.25. The number of thiazole rings is 1. The zero-order valence-electron chi connectivity index (χ0n) is 18.0. The van der Waals surface area contributed by atoms with Gasteiger partial charge in [-0.2, -0.15) is 0 Å². The molecule has 33 heavy (non-hydrogen) atoms. The molecular formula is C26H23ClN2O2S2. The zero-order valence-corrected chi connectivity index (χ0v) is 20.4. The van der Waals surface area contributed by atoms with Gasteiger partial charge in [-0.3, -0.25) is 4.72 Å². The molecule has 0 bridgehead atoms. The van der Waals surface area contributed by atoms with Gasteiger partial charge < -0.3 is 0 Å². The summed E-state index contributed by atoms with van der Waals surface area (Å²) < 4.78 is 27.8. The lowest BCUT2D eigenvalue weighted by molar-refractivity contribution is 0.609. The summed E-state index contributed by atoms with van der Waals surface area (Å²) in [7, 11) is -3.73. The standard InChI is InChI=1S/C26H23ClN2O2S2/c1-2-8-24-25(22-15-13-20(14-16-22)19-9-4-3-5-10-19)28-26(32-24)29-33(30,31)18-17-21-11-6-7-12-23(21)27/h3-7,9-18H,2,8H2,1H3,(H,28,29)/b18-17+. The van der Waals surface area contributed by atoms with E-state index in [4.69, 9.17) is 11.6 Å². The van der Waals surface area contributed by atoms with Crippen LogP contribution in [0.3, 0.4) is 0 Å². The van der Waals surface area contributed by atoms with Gasteiger partial charge in [-0.1, -0.05) is 97.7 Å². The molecule has 0 amide bonds. The van der Waals surface area contributed by atoms with Crippen molar-refractivity contribution in [2.45, 2.75) is 19.8 Å². The van der Waals surface area contributed by atoms with Crippen LogP contribution in [-0.2, 0) is 16.4 Å². The SMILES string of the molecule is CCCc1sc(NS(=O)(=O)/C=C/c2ccccc2Cl)nc1-c1ccc(-c2ccccc2)cc1. The summed E-state index contributed by atoms with van der Waals surface area (Å²) in [5.74, 6) is 0. The van der Waals surface area contributed by atoms with Crippen LogP contribution in [0.2, 0.25) is 5.02 Å². The number of rotatable bonds is 8. The van der Waals surface area contributed by atoms with E-state index in [-0.39, 0.29) is 0 Å². The number of hydrogen-bond donors (Lipinski definition) is 1. The lowest BCUT2D eigenvalue weighted by atomic mass is 10.0. The molecule has 0 fully saturated rings. The maximum absolute atomic E-state index is 12.6. The monoisotopic (exact) mass is 494 g/mol. The van der Waals surface area contributed by atoms with Gasteiger partial charge in [-0.25, -0.2) is 13.4 Å². The van der Waals surface area contributed by atoms with Crippen LogP contribution in [0.15, 0.2) is 84.3 Å². The van der Waals surface area contributed by atoms with E-state index in [9.17, 15) is 8.42 Å². The Morgan fingerprint density at radius 3 is 2.24 bits per heavy atom. The van der Waals surface area contributed by atoms with E-state index in [1.807, 2.05) is 30.3 Å². The molecule has 168 valence electrons. The second-order valence-corrected chi connectivity index (χ2v) is 10.5. The average Bonchev–Trinajstić information content (AvgIpc) is 3.21. The van der Waals surface area contributed by atoms with Gasteiger partial charge in [0, 0.05) is 15.5 Å². The van der Waals surface area contributed by atoms with E-state index in [1.54, 1.807) is 24.3 Å². The third-order valence-electron chi connectivity index (χ3n) is 5.00. The predicted octanol–water partition coefficient (Wildman–Crippen LogP) is 7.50. The smallest absolute Gasteiger partial charge is 0.255 e. The normalized spacial score (nSPS) is 11.7. The highest BCUT2D eigenvalue weighted by atomic mass is 35.5. The summed E-state index contributed by atoms with van der Waals surface area (Å²) in [6.45, 7) is 2.10. The molecular weight excluding hydrogens is 472 g/mol. The Labute approximate surface area is 203 Å². The van der Waals surface area contributed by atoms with Crippen LogP contribution in [0.1, 0.15) is 23.8 Å². The number of hydrogen-bond acceptors (Lipinski definition) is 4. The molecule has 0 spiro atoms. The van der Waals surface area contributed by atoms with Crippen LogP contribution in [0.25, 0.3) is 28.5 Å². The Hall–Kier alpha value is -2.93. The van der Waals surface area contributed by atoms with Crippen LogP contribution >= 0.6 is 22.9 Å². The van der Waals surface area contributed by atoms with Crippen molar-refractivity contribution in [3.8, 4) is 22.4 Å². The molecule has 0 saturated carbocycles. The van der Waals surface area contributed by atoms with Gasteiger partial charge in [-0.05, 0) is 35.3 Å². The van der Waals surface area contributed by atoms with E-state index < -0.39 is 10.0 Å². The maximum atomic E-state index is 12.6. The molecule has 1 aromatic heterocycles. The van der Waals surface area contributed by atoms with Gasteiger partial charge in [0.15, 0.2) is 5.13 Å². The number of sulfonamides is 1. The fourth-order valence-corrected chi connectivity index (χ4v) is 5.73. The predicted molar refractivity (Wildman–Crippen MR) is 140 cm³/mol. The zero-order chi connectivity index (χ0) is 23.3. The molecule has 4 aromatic rings. The molecule has 0 radical (unpaired) electrons. The van der Waals surface area contributed by atoms with Gasteiger partial charge in [-0.15, -0.1) is 11.3 Å². The molecule has 0 aliphatic heterocycles. The van der Waals surface area contributed by atoms with Crippen LogP contribution in [0, 0.1) is 0 Å². The summed E-state index contributed by atoms with van der Waals surface area (Å²) in [5, 5.41) is 1.96. The number of benzene rings is 3. The first kappa shape index (κ1) is 23.2. The van der Waals surface area contributed by atoms with Crippen molar-refractivity contribution in [1.82, 2.24) is 4.98 Å². The highest BCUT2D eigenvalue weighted by Gasteiger charge is 2.16. The van der Waals surface area contributed by atoms with Crippen molar-refractivity contribution in [2.75, 3.05) is 4.72 Å². The fourth-order valence-electron chi connectivity index (χ4n) is 3.40. The first-order valence-electron chi connectivity index (χ1n) is 10.6. The highest BCUT2D eigenvalue weighted by molar-refractivity contribution is 7.95. The Morgan fingerprint density at radius 1 is 0.909 bits per heavy atom. The van der Waals surface area contributed by atoms with Gasteiger partial charge in [0.2, 0.25) is 0 Å². The minimum absolute atomic E-state index is 0.351. The minimum atomic E-state index is -3.73. The van der Waals surface area contributed by atoms with E-state index in [1.165, 1.54) is 17.4 Å². The molecule has 0 atom stereocenters. The number of aromatic nitrogens is 1. The number of halogens is 1. The van der Waals surface area contributed by atoms with E-state index >= 15 is 0 Å². The number of nitrogens with zero attached hydrogens (tertiary/aromatic N) is 1. The van der Waals surface area contributed by atoms with Crippen LogP contribution in [-0.4, -0.2) is 13.4 Å². The summed E-state index contributed by atoms with van der Waals surface area (Å²) >= 11 is 7.48. The summed E-state index contributed by atoms with van der Waals surface area (Å²) in [6, 6.07) is 25.4. The molecule has 0 aliphatic carbocycles. The van der Waals surface area contributed by atoms with Crippen molar-refractivity contribution in [1.29, 1.82) is 0 Å². The second kappa shape index (κ2) is 10.3. The van der Waals surface area contributed by atoms with Gasteiger partial charge in [0.05, 0.1) is 11.1 Å². The second-order valence-electron chi connectivity index (χ2n) is 7.46. The van der Waals surface area contributed by atoms with E-state index in [0.29, 0.717) is 15.7 Å². The number of aryl methyl sites for hydroxylation is 1. The van der Waals surface area contributed by atoms with Crippen molar-refractivity contribution in [3.63, 3.8) is 0 Å². The maximum Gasteiger partial charge on any atom is 0.256 e. The Morgan fingerprint density at radius 2 is 1.55 bits per heavy atom. The highest BCUT2D eigenvalue weighted by Crippen LogP contribution is 2.34. The molecule has 7 heteroatoms. The van der Waals surface area contributed by atoms with E-state index in [2.05, 4.69) is 40.9 Å². The van der Waals surface area contributed by atoms with E-state index in [0.717, 1.165) is 45.5 Å². The molecule has 1 N–H and O–H groups in total. The number of anilines is 1. The molecule has 0 aliphatic rings. The van der Waals surface area contributed by atoms with Crippen molar-refractivity contribution < 1.29 is 8.42 Å². The van der Waals surface area contributed by atoms with Crippen molar-refractivity contribution in [3.05, 3.63) is 99.7 Å². The molecule has 0 saturated heterocycles. The fraction of sp³-hybridized carbons (Fsp3) is 0.115. The average molecular weight is 495 g/mol.